The van der Waals surface area contributed by atoms with Crippen molar-refractivity contribution in [3.05, 3.63) is 11.8 Å². The summed E-state index contributed by atoms with van der Waals surface area (Å²) in [5.74, 6) is -0.855. The second-order valence-corrected chi connectivity index (χ2v) is 3.39. The van der Waals surface area contributed by atoms with Gasteiger partial charge in [-0.25, -0.2) is 4.79 Å². The molecule has 0 aromatic carbocycles. The topological polar surface area (TPSA) is 55.8 Å². The number of esters is 1. The van der Waals surface area contributed by atoms with Crippen molar-refractivity contribution in [2.75, 3.05) is 34.4 Å². The van der Waals surface area contributed by atoms with Crippen molar-refractivity contribution < 1.29 is 19.1 Å². The second kappa shape index (κ2) is 7.87. The number of methoxy groups -OCH3 is 1. The highest BCUT2D eigenvalue weighted by molar-refractivity contribution is 6.17. The predicted molar refractivity (Wildman–Crippen MR) is 59.9 cm³/mol. The molecule has 5 nitrogen and oxygen atoms in total. The molecule has 92 valence electrons. The molecular formula is C11H19NO4. The highest BCUT2D eigenvalue weighted by atomic mass is 16.5. The second-order valence-electron chi connectivity index (χ2n) is 3.39. The van der Waals surface area contributed by atoms with E-state index in [1.807, 2.05) is 0 Å². The molecule has 0 aliphatic heterocycles. The third kappa shape index (κ3) is 5.50. The lowest BCUT2D eigenvalue weighted by Gasteiger charge is -2.10. The van der Waals surface area contributed by atoms with Crippen LogP contribution in [0.2, 0.25) is 0 Å². The van der Waals surface area contributed by atoms with Gasteiger partial charge in [0.15, 0.2) is 5.78 Å². The summed E-state index contributed by atoms with van der Waals surface area (Å²) in [4.78, 5) is 24.8. The molecule has 0 bridgehead atoms. The molecule has 0 aromatic heterocycles. The number of ether oxygens (including phenoxy) is 2. The van der Waals surface area contributed by atoms with E-state index in [0.717, 1.165) is 0 Å². The van der Waals surface area contributed by atoms with Crippen LogP contribution in [0.3, 0.4) is 0 Å². The molecule has 0 amide bonds. The Morgan fingerprint density at radius 3 is 2.38 bits per heavy atom. The number of rotatable bonds is 7. The molecule has 0 atom stereocenters. The van der Waals surface area contributed by atoms with Gasteiger partial charge in [0.05, 0.1) is 13.2 Å². The Kier molecular flexibility index (Phi) is 7.20. The Bertz CT molecular complexity index is 271. The average Bonchev–Trinajstić information content (AvgIpc) is 2.22. The lowest BCUT2D eigenvalue weighted by Crippen LogP contribution is -2.20. The molecule has 0 unspecified atom stereocenters. The minimum atomic E-state index is -0.586. The van der Waals surface area contributed by atoms with Crippen molar-refractivity contribution in [3.8, 4) is 0 Å². The molecule has 0 aliphatic rings. The highest BCUT2D eigenvalue weighted by Crippen LogP contribution is 2.05. The van der Waals surface area contributed by atoms with Crippen LogP contribution in [0.1, 0.15) is 13.3 Å². The molecule has 0 aliphatic carbocycles. The number of ketones is 1. The normalized spacial score (nSPS) is 11.1. The zero-order valence-corrected chi connectivity index (χ0v) is 10.3. The fraction of sp³-hybridized carbons (Fsp3) is 0.636. The molecule has 0 aromatic rings. The van der Waals surface area contributed by atoms with Crippen LogP contribution < -0.4 is 0 Å². The maximum atomic E-state index is 11.7. The van der Waals surface area contributed by atoms with Crippen molar-refractivity contribution in [1.82, 2.24) is 4.90 Å². The predicted octanol–water partition coefficient (Wildman–Crippen LogP) is 0.601. The maximum Gasteiger partial charge on any atom is 0.343 e. The summed E-state index contributed by atoms with van der Waals surface area (Å²) in [6.07, 6.45) is 1.64. The van der Waals surface area contributed by atoms with Gasteiger partial charge >= 0.3 is 5.97 Å². The van der Waals surface area contributed by atoms with E-state index in [9.17, 15) is 9.59 Å². The van der Waals surface area contributed by atoms with Crippen LogP contribution in [0.4, 0.5) is 0 Å². The summed E-state index contributed by atoms with van der Waals surface area (Å²) >= 11 is 0. The van der Waals surface area contributed by atoms with Gasteiger partial charge < -0.3 is 14.4 Å². The smallest absolute Gasteiger partial charge is 0.343 e. The van der Waals surface area contributed by atoms with E-state index < -0.39 is 5.97 Å². The lowest BCUT2D eigenvalue weighted by atomic mass is 10.1. The molecule has 5 heteroatoms. The fourth-order valence-electron chi connectivity index (χ4n) is 1.04. The van der Waals surface area contributed by atoms with Gasteiger partial charge in [-0.15, -0.1) is 0 Å². The first kappa shape index (κ1) is 14.6. The number of carbonyl (C=O) groups excluding carboxylic acids is 2. The molecular weight excluding hydrogens is 210 g/mol. The van der Waals surface area contributed by atoms with Crippen LogP contribution in [0.15, 0.2) is 11.8 Å². The van der Waals surface area contributed by atoms with Crippen LogP contribution >= 0.6 is 0 Å². The van der Waals surface area contributed by atoms with Gasteiger partial charge in [0.2, 0.25) is 0 Å². The third-order valence-corrected chi connectivity index (χ3v) is 1.72. The van der Waals surface area contributed by atoms with Gasteiger partial charge in [-0.05, 0) is 6.92 Å². The zero-order chi connectivity index (χ0) is 12.6. The van der Waals surface area contributed by atoms with Gasteiger partial charge in [0, 0.05) is 33.8 Å². The maximum absolute atomic E-state index is 11.7. The van der Waals surface area contributed by atoms with E-state index >= 15 is 0 Å². The monoisotopic (exact) mass is 229 g/mol. The molecule has 16 heavy (non-hydrogen) atoms. The molecule has 0 saturated heterocycles. The van der Waals surface area contributed by atoms with Gasteiger partial charge in [0.1, 0.15) is 5.57 Å². The van der Waals surface area contributed by atoms with Gasteiger partial charge in [0.25, 0.3) is 0 Å². The Hall–Kier alpha value is -1.36. The average molecular weight is 229 g/mol. The first-order valence-electron chi connectivity index (χ1n) is 5.10. The molecule has 0 spiro atoms. The van der Waals surface area contributed by atoms with Crippen molar-refractivity contribution in [2.45, 2.75) is 13.3 Å². The number of hydrogen-bond acceptors (Lipinski definition) is 5. The standard InChI is InChI=1S/C11H19NO4/c1-5-16-11(14)9(8-12(2)3)10(13)6-7-15-4/h8H,5-7H2,1-4H3. The van der Waals surface area contributed by atoms with Crippen LogP contribution in [0.5, 0.6) is 0 Å². The third-order valence-electron chi connectivity index (χ3n) is 1.72. The first-order valence-corrected chi connectivity index (χ1v) is 5.10. The van der Waals surface area contributed by atoms with Crippen LogP contribution in [0, 0.1) is 0 Å². The molecule has 0 saturated carbocycles. The van der Waals surface area contributed by atoms with E-state index in [0.29, 0.717) is 6.61 Å². The summed E-state index contributed by atoms with van der Waals surface area (Å²) in [7, 11) is 4.98. The van der Waals surface area contributed by atoms with E-state index in [4.69, 9.17) is 9.47 Å². The molecule has 0 fully saturated rings. The van der Waals surface area contributed by atoms with Crippen molar-refractivity contribution in [2.24, 2.45) is 0 Å². The highest BCUT2D eigenvalue weighted by Gasteiger charge is 2.19. The fourth-order valence-corrected chi connectivity index (χ4v) is 1.04. The Balaban J connectivity index is 4.67. The van der Waals surface area contributed by atoms with Gasteiger partial charge in [-0.3, -0.25) is 4.79 Å². The zero-order valence-electron chi connectivity index (χ0n) is 10.3. The Morgan fingerprint density at radius 2 is 1.94 bits per heavy atom. The van der Waals surface area contributed by atoms with Crippen molar-refractivity contribution in [3.63, 3.8) is 0 Å². The number of carbonyl (C=O) groups is 2. The number of Topliss-reactive ketones (excluding diaryl/α,β-unsaturated/α-hetero) is 1. The molecule has 0 N–H and O–H groups in total. The summed E-state index contributed by atoms with van der Waals surface area (Å²) < 4.78 is 9.60. The number of hydrogen-bond donors (Lipinski definition) is 0. The van der Waals surface area contributed by atoms with Crippen molar-refractivity contribution in [1.29, 1.82) is 0 Å². The first-order chi connectivity index (χ1) is 7.52. The van der Waals surface area contributed by atoms with E-state index in [-0.39, 0.29) is 24.4 Å². The minimum Gasteiger partial charge on any atom is -0.462 e. The molecule has 0 rings (SSSR count). The largest absolute Gasteiger partial charge is 0.462 e. The SMILES string of the molecule is CCOC(=O)C(=CN(C)C)C(=O)CCOC. The van der Waals surface area contributed by atoms with E-state index in [1.165, 1.54) is 13.3 Å². The van der Waals surface area contributed by atoms with E-state index in [2.05, 4.69) is 0 Å². The summed E-state index contributed by atoms with van der Waals surface area (Å²) in [6.45, 7) is 2.25. The van der Waals surface area contributed by atoms with Gasteiger partial charge in [-0.1, -0.05) is 0 Å². The van der Waals surface area contributed by atoms with Crippen LogP contribution in [-0.4, -0.2) is 51.1 Å². The molecule has 0 heterocycles. The summed E-state index contributed by atoms with van der Waals surface area (Å²) in [6, 6.07) is 0. The van der Waals surface area contributed by atoms with Crippen LogP contribution in [-0.2, 0) is 19.1 Å². The van der Waals surface area contributed by atoms with Crippen molar-refractivity contribution >= 4 is 11.8 Å². The Morgan fingerprint density at radius 1 is 1.31 bits per heavy atom. The molecule has 0 radical (unpaired) electrons. The van der Waals surface area contributed by atoms with E-state index in [1.54, 1.807) is 25.9 Å². The van der Waals surface area contributed by atoms with Crippen LogP contribution in [0.25, 0.3) is 0 Å². The minimum absolute atomic E-state index is 0.0592. The van der Waals surface area contributed by atoms with Gasteiger partial charge in [-0.2, -0.15) is 0 Å². The lowest BCUT2D eigenvalue weighted by molar-refractivity contribution is -0.140. The summed E-state index contributed by atoms with van der Waals surface area (Å²) in [5.41, 5.74) is 0.0592. The quantitative estimate of drug-likeness (QED) is 0.277. The Labute approximate surface area is 96.0 Å². The summed E-state index contributed by atoms with van der Waals surface area (Å²) in [5, 5.41) is 0. The number of nitrogens with zero attached hydrogens (tertiary/aromatic N) is 1.